The molecule has 0 amide bonds. The van der Waals surface area contributed by atoms with E-state index < -0.39 is 10.0 Å². The molecule has 21 heavy (non-hydrogen) atoms. The molecular weight excluding hydrogens is 350 g/mol. The van der Waals surface area contributed by atoms with Crippen molar-refractivity contribution in [2.75, 3.05) is 0 Å². The van der Waals surface area contributed by atoms with E-state index in [1.54, 1.807) is 12.1 Å². The quantitative estimate of drug-likeness (QED) is 0.900. The topological polar surface area (TPSA) is 46.2 Å². The highest BCUT2D eigenvalue weighted by molar-refractivity contribution is 9.10. The van der Waals surface area contributed by atoms with Gasteiger partial charge in [-0.3, -0.25) is 0 Å². The molecule has 1 unspecified atom stereocenters. The molecule has 3 rings (SSSR count). The van der Waals surface area contributed by atoms with Crippen LogP contribution in [0.3, 0.4) is 0 Å². The van der Waals surface area contributed by atoms with Gasteiger partial charge in [-0.05, 0) is 55.2 Å². The van der Waals surface area contributed by atoms with Crippen molar-refractivity contribution in [3.8, 4) is 0 Å². The Bertz CT molecular complexity index is 769. The summed E-state index contributed by atoms with van der Waals surface area (Å²) in [6.45, 7) is 1.94. The van der Waals surface area contributed by atoms with Gasteiger partial charge in [0.2, 0.25) is 10.0 Å². The number of aryl methyl sites for hydroxylation is 2. The lowest BCUT2D eigenvalue weighted by molar-refractivity contribution is 0.554. The molecule has 0 heterocycles. The van der Waals surface area contributed by atoms with Crippen LogP contribution in [-0.4, -0.2) is 8.42 Å². The standard InChI is InChI=1S/C16H16BrNO2S/c1-11-2-6-14(7-3-11)21(19,20)18-16-9-4-12-10-13(17)5-8-15(12)16/h2-3,5-8,10,16,18H,4,9H2,1H3. The molecule has 0 spiro atoms. The van der Waals surface area contributed by atoms with Crippen LogP contribution >= 0.6 is 15.9 Å². The van der Waals surface area contributed by atoms with E-state index in [2.05, 4.69) is 26.7 Å². The first-order chi connectivity index (χ1) is 9.95. The number of benzene rings is 2. The van der Waals surface area contributed by atoms with Crippen LogP contribution in [0.15, 0.2) is 51.8 Å². The van der Waals surface area contributed by atoms with E-state index >= 15 is 0 Å². The third kappa shape index (κ3) is 3.05. The molecule has 0 saturated carbocycles. The van der Waals surface area contributed by atoms with Crippen molar-refractivity contribution in [3.05, 3.63) is 63.6 Å². The Balaban J connectivity index is 1.86. The minimum Gasteiger partial charge on any atom is -0.207 e. The largest absolute Gasteiger partial charge is 0.241 e. The molecule has 1 N–H and O–H groups in total. The van der Waals surface area contributed by atoms with Gasteiger partial charge in [0.05, 0.1) is 4.90 Å². The first-order valence-electron chi connectivity index (χ1n) is 6.83. The zero-order valence-electron chi connectivity index (χ0n) is 11.6. The molecular formula is C16H16BrNO2S. The lowest BCUT2D eigenvalue weighted by Gasteiger charge is -2.14. The molecule has 0 aliphatic heterocycles. The van der Waals surface area contributed by atoms with Gasteiger partial charge in [0.25, 0.3) is 0 Å². The van der Waals surface area contributed by atoms with Crippen LogP contribution in [0.1, 0.15) is 29.2 Å². The minimum atomic E-state index is -3.48. The Labute approximate surface area is 133 Å². The van der Waals surface area contributed by atoms with Gasteiger partial charge in [0.15, 0.2) is 0 Å². The Morgan fingerprint density at radius 2 is 1.86 bits per heavy atom. The molecule has 110 valence electrons. The number of halogens is 1. The molecule has 0 saturated heterocycles. The van der Waals surface area contributed by atoms with Crippen LogP contribution in [0.25, 0.3) is 0 Å². The van der Waals surface area contributed by atoms with Crippen molar-refractivity contribution in [1.29, 1.82) is 0 Å². The number of hydrogen-bond donors (Lipinski definition) is 1. The summed E-state index contributed by atoms with van der Waals surface area (Å²) in [5.74, 6) is 0. The Kier molecular flexibility index (Phi) is 3.90. The van der Waals surface area contributed by atoms with E-state index in [1.165, 1.54) is 5.56 Å². The van der Waals surface area contributed by atoms with Gasteiger partial charge in [-0.2, -0.15) is 0 Å². The van der Waals surface area contributed by atoms with Gasteiger partial charge in [-0.1, -0.05) is 39.7 Å². The van der Waals surface area contributed by atoms with Crippen molar-refractivity contribution in [1.82, 2.24) is 4.72 Å². The minimum absolute atomic E-state index is 0.139. The Hall–Kier alpha value is -1.17. The van der Waals surface area contributed by atoms with Crippen molar-refractivity contribution < 1.29 is 8.42 Å². The highest BCUT2D eigenvalue weighted by Gasteiger charge is 2.27. The van der Waals surface area contributed by atoms with Gasteiger partial charge in [0.1, 0.15) is 0 Å². The van der Waals surface area contributed by atoms with Crippen molar-refractivity contribution >= 4 is 26.0 Å². The van der Waals surface area contributed by atoms with E-state index in [4.69, 9.17) is 0 Å². The predicted molar refractivity (Wildman–Crippen MR) is 86.7 cm³/mol. The van der Waals surface area contributed by atoms with Crippen LogP contribution in [0.4, 0.5) is 0 Å². The first-order valence-corrected chi connectivity index (χ1v) is 9.11. The van der Waals surface area contributed by atoms with Crippen molar-refractivity contribution in [2.24, 2.45) is 0 Å². The van der Waals surface area contributed by atoms with Crippen LogP contribution < -0.4 is 4.72 Å². The summed E-state index contributed by atoms with van der Waals surface area (Å²) < 4.78 is 28.8. The van der Waals surface area contributed by atoms with Crippen LogP contribution in [0.2, 0.25) is 0 Å². The average Bonchev–Trinajstić information content (AvgIpc) is 2.81. The first kappa shape index (κ1) is 14.8. The highest BCUT2D eigenvalue weighted by atomic mass is 79.9. The second-order valence-corrected chi connectivity index (χ2v) is 8.00. The van der Waals surface area contributed by atoms with Crippen LogP contribution in [0.5, 0.6) is 0 Å². The van der Waals surface area contributed by atoms with E-state index in [0.717, 1.165) is 28.4 Å². The fraction of sp³-hybridized carbons (Fsp3) is 0.250. The second kappa shape index (κ2) is 5.55. The van der Waals surface area contributed by atoms with Crippen molar-refractivity contribution in [2.45, 2.75) is 30.7 Å². The smallest absolute Gasteiger partial charge is 0.207 e. The maximum absolute atomic E-state index is 12.5. The number of nitrogens with one attached hydrogen (secondary N) is 1. The number of fused-ring (bicyclic) bond motifs is 1. The molecule has 0 fully saturated rings. The fourth-order valence-electron chi connectivity index (χ4n) is 2.68. The lowest BCUT2D eigenvalue weighted by Crippen LogP contribution is -2.27. The zero-order valence-corrected chi connectivity index (χ0v) is 14.0. The van der Waals surface area contributed by atoms with E-state index in [9.17, 15) is 8.42 Å². The Morgan fingerprint density at radius 1 is 1.14 bits per heavy atom. The molecule has 3 nitrogen and oxygen atoms in total. The SMILES string of the molecule is Cc1ccc(S(=O)(=O)NC2CCc3cc(Br)ccc32)cc1. The van der Waals surface area contributed by atoms with E-state index in [0.29, 0.717) is 4.90 Å². The normalized spacial score (nSPS) is 17.7. The summed E-state index contributed by atoms with van der Waals surface area (Å²) in [5.41, 5.74) is 3.33. The monoisotopic (exact) mass is 365 g/mol. The number of rotatable bonds is 3. The molecule has 1 aliphatic carbocycles. The Morgan fingerprint density at radius 3 is 2.57 bits per heavy atom. The summed E-state index contributed by atoms with van der Waals surface area (Å²) in [6, 6.07) is 12.8. The van der Waals surface area contributed by atoms with E-state index in [-0.39, 0.29) is 6.04 Å². The summed E-state index contributed by atoms with van der Waals surface area (Å²) in [5, 5.41) is 0. The van der Waals surface area contributed by atoms with Gasteiger partial charge >= 0.3 is 0 Å². The molecule has 1 atom stereocenters. The van der Waals surface area contributed by atoms with Crippen LogP contribution in [0, 0.1) is 6.92 Å². The highest BCUT2D eigenvalue weighted by Crippen LogP contribution is 2.34. The fourth-order valence-corrected chi connectivity index (χ4v) is 4.34. The van der Waals surface area contributed by atoms with Gasteiger partial charge in [0, 0.05) is 10.5 Å². The number of sulfonamides is 1. The van der Waals surface area contributed by atoms with Crippen LogP contribution in [-0.2, 0) is 16.4 Å². The number of hydrogen-bond acceptors (Lipinski definition) is 2. The zero-order chi connectivity index (χ0) is 15.0. The molecule has 2 aromatic carbocycles. The van der Waals surface area contributed by atoms with E-state index in [1.807, 2.05) is 31.2 Å². The van der Waals surface area contributed by atoms with Crippen molar-refractivity contribution in [3.63, 3.8) is 0 Å². The summed E-state index contributed by atoms with van der Waals surface area (Å²) in [4.78, 5) is 0.318. The summed E-state index contributed by atoms with van der Waals surface area (Å²) >= 11 is 3.45. The summed E-state index contributed by atoms with van der Waals surface area (Å²) in [7, 11) is -3.48. The maximum Gasteiger partial charge on any atom is 0.241 e. The molecule has 5 heteroatoms. The van der Waals surface area contributed by atoms with Gasteiger partial charge in [-0.25, -0.2) is 13.1 Å². The third-order valence-corrected chi connectivity index (χ3v) is 5.79. The van der Waals surface area contributed by atoms with Gasteiger partial charge < -0.3 is 0 Å². The average molecular weight is 366 g/mol. The lowest BCUT2D eigenvalue weighted by atomic mass is 10.1. The maximum atomic E-state index is 12.5. The summed E-state index contributed by atoms with van der Waals surface area (Å²) in [6.07, 6.45) is 1.70. The second-order valence-electron chi connectivity index (χ2n) is 5.37. The van der Waals surface area contributed by atoms with Gasteiger partial charge in [-0.15, -0.1) is 0 Å². The molecule has 2 aromatic rings. The molecule has 1 aliphatic rings. The third-order valence-electron chi connectivity index (χ3n) is 3.81. The molecule has 0 bridgehead atoms. The predicted octanol–water partition coefficient (Wildman–Crippen LogP) is 3.72. The molecule has 0 aromatic heterocycles. The molecule has 0 radical (unpaired) electrons.